The molecular weight excluding hydrogens is 360 g/mol. The van der Waals surface area contributed by atoms with Crippen LogP contribution in [0.25, 0.3) is 0 Å². The zero-order valence-electron chi connectivity index (χ0n) is 12.4. The molecule has 0 aromatic heterocycles. The maximum absolute atomic E-state index is 11.2. The van der Waals surface area contributed by atoms with Crippen molar-refractivity contribution in [3.05, 3.63) is 64.1 Å². The molecule has 0 bridgehead atoms. The SMILES string of the molecule is O=C(O)C[C@]1(O)C[C@@H](Cc2ccccc2)Oc2ccc(Br)cc21. The molecule has 0 fully saturated rings. The van der Waals surface area contributed by atoms with Gasteiger partial charge in [-0.1, -0.05) is 46.3 Å². The summed E-state index contributed by atoms with van der Waals surface area (Å²) in [7, 11) is 0. The quantitative estimate of drug-likeness (QED) is 0.856. The number of ether oxygens (including phenoxy) is 1. The Labute approximate surface area is 142 Å². The van der Waals surface area contributed by atoms with Crippen molar-refractivity contribution in [2.75, 3.05) is 0 Å². The van der Waals surface area contributed by atoms with Gasteiger partial charge in [0.05, 0.1) is 6.42 Å². The third-order valence-electron chi connectivity index (χ3n) is 4.05. The predicted molar refractivity (Wildman–Crippen MR) is 89.5 cm³/mol. The maximum Gasteiger partial charge on any atom is 0.306 e. The molecule has 2 N–H and O–H groups in total. The summed E-state index contributed by atoms with van der Waals surface area (Å²) in [6.45, 7) is 0. The Morgan fingerprint density at radius 3 is 2.70 bits per heavy atom. The minimum Gasteiger partial charge on any atom is -0.490 e. The highest BCUT2D eigenvalue weighted by Crippen LogP contribution is 2.43. The van der Waals surface area contributed by atoms with Crippen LogP contribution in [0, 0.1) is 0 Å². The van der Waals surface area contributed by atoms with E-state index in [1.54, 1.807) is 12.1 Å². The molecular formula is C18H17BrO4. The largest absolute Gasteiger partial charge is 0.490 e. The number of hydrogen-bond acceptors (Lipinski definition) is 3. The molecule has 3 rings (SSSR count). The van der Waals surface area contributed by atoms with Crippen molar-refractivity contribution < 1.29 is 19.7 Å². The Bertz CT molecular complexity index is 716. The third kappa shape index (κ3) is 3.57. The number of benzene rings is 2. The third-order valence-corrected chi connectivity index (χ3v) is 4.55. The number of fused-ring (bicyclic) bond motifs is 1. The summed E-state index contributed by atoms with van der Waals surface area (Å²) < 4.78 is 6.78. The van der Waals surface area contributed by atoms with Gasteiger partial charge in [0.2, 0.25) is 0 Å². The van der Waals surface area contributed by atoms with Crippen molar-refractivity contribution in [1.82, 2.24) is 0 Å². The second-order valence-corrected chi connectivity index (χ2v) is 6.79. The van der Waals surface area contributed by atoms with Crippen LogP contribution in [0.4, 0.5) is 0 Å². The molecule has 0 aliphatic carbocycles. The Balaban J connectivity index is 1.93. The number of carbonyl (C=O) groups is 1. The molecule has 2 aromatic carbocycles. The Morgan fingerprint density at radius 2 is 2.00 bits per heavy atom. The molecule has 0 saturated heterocycles. The summed E-state index contributed by atoms with van der Waals surface area (Å²) >= 11 is 3.36. The standard InChI is InChI=1S/C18H17BrO4/c19-13-6-7-16-15(9-13)18(22,11-17(20)21)10-14(23-16)8-12-4-2-1-3-5-12/h1-7,9,14,22H,8,10-11H2,(H,20,21)/t14-,18-/m1/s1. The highest BCUT2D eigenvalue weighted by molar-refractivity contribution is 9.10. The van der Waals surface area contributed by atoms with Crippen LogP contribution >= 0.6 is 15.9 Å². The lowest BCUT2D eigenvalue weighted by molar-refractivity contribution is -0.145. The van der Waals surface area contributed by atoms with E-state index in [0.29, 0.717) is 17.7 Å². The summed E-state index contributed by atoms with van der Waals surface area (Å²) in [5, 5.41) is 20.2. The summed E-state index contributed by atoms with van der Waals surface area (Å²) in [6, 6.07) is 15.2. The smallest absolute Gasteiger partial charge is 0.306 e. The van der Waals surface area contributed by atoms with Gasteiger partial charge in [0.15, 0.2) is 0 Å². The minimum atomic E-state index is -1.43. The molecule has 1 aliphatic heterocycles. The minimum absolute atomic E-state index is 0.248. The van der Waals surface area contributed by atoms with Crippen LogP contribution in [0.2, 0.25) is 0 Å². The van der Waals surface area contributed by atoms with Crippen LogP contribution in [0.15, 0.2) is 53.0 Å². The number of rotatable bonds is 4. The molecule has 0 saturated carbocycles. The lowest BCUT2D eigenvalue weighted by Crippen LogP contribution is -2.41. The van der Waals surface area contributed by atoms with Crippen LogP contribution in [-0.4, -0.2) is 22.3 Å². The fourth-order valence-electron chi connectivity index (χ4n) is 3.08. The average molecular weight is 377 g/mol. The van der Waals surface area contributed by atoms with Gasteiger partial charge in [0.25, 0.3) is 0 Å². The van der Waals surface area contributed by atoms with E-state index in [1.807, 2.05) is 36.4 Å². The lowest BCUT2D eigenvalue weighted by Gasteiger charge is -2.38. The van der Waals surface area contributed by atoms with Crippen LogP contribution in [0.5, 0.6) is 5.75 Å². The fraction of sp³-hybridized carbons (Fsp3) is 0.278. The van der Waals surface area contributed by atoms with E-state index < -0.39 is 11.6 Å². The van der Waals surface area contributed by atoms with E-state index in [4.69, 9.17) is 4.74 Å². The number of carboxylic acids is 1. The maximum atomic E-state index is 11.2. The predicted octanol–water partition coefficient (Wildman–Crippen LogP) is 3.51. The van der Waals surface area contributed by atoms with Crippen LogP contribution in [-0.2, 0) is 16.8 Å². The van der Waals surface area contributed by atoms with Crippen molar-refractivity contribution >= 4 is 21.9 Å². The van der Waals surface area contributed by atoms with E-state index in [9.17, 15) is 15.0 Å². The van der Waals surface area contributed by atoms with Crippen LogP contribution in [0.3, 0.4) is 0 Å². The van der Waals surface area contributed by atoms with E-state index in [1.165, 1.54) is 0 Å². The number of halogens is 1. The first kappa shape index (κ1) is 16.0. The summed E-state index contributed by atoms with van der Waals surface area (Å²) in [4.78, 5) is 11.2. The van der Waals surface area contributed by atoms with Gasteiger partial charge < -0.3 is 14.9 Å². The normalized spacial score (nSPS) is 23.0. The molecule has 2 aromatic rings. The second-order valence-electron chi connectivity index (χ2n) is 5.88. The Hall–Kier alpha value is -1.85. The fourth-order valence-corrected chi connectivity index (χ4v) is 3.45. The van der Waals surface area contributed by atoms with E-state index in [0.717, 1.165) is 10.0 Å². The molecule has 23 heavy (non-hydrogen) atoms. The van der Waals surface area contributed by atoms with Crippen molar-refractivity contribution in [2.45, 2.75) is 31.0 Å². The average Bonchev–Trinajstić information content (AvgIpc) is 2.48. The van der Waals surface area contributed by atoms with Gasteiger partial charge >= 0.3 is 5.97 Å². The van der Waals surface area contributed by atoms with Gasteiger partial charge in [-0.05, 0) is 23.8 Å². The van der Waals surface area contributed by atoms with Gasteiger partial charge in [-0.15, -0.1) is 0 Å². The van der Waals surface area contributed by atoms with Gasteiger partial charge in [-0.2, -0.15) is 0 Å². The van der Waals surface area contributed by atoms with Crippen molar-refractivity contribution in [3.63, 3.8) is 0 Å². The summed E-state index contributed by atoms with van der Waals surface area (Å²) in [6.07, 6.45) is 0.261. The van der Waals surface area contributed by atoms with Crippen molar-refractivity contribution in [1.29, 1.82) is 0 Å². The molecule has 1 aliphatic rings. The molecule has 1 heterocycles. The zero-order valence-corrected chi connectivity index (χ0v) is 14.0. The summed E-state index contributed by atoms with van der Waals surface area (Å²) in [5.41, 5.74) is 0.192. The number of hydrogen-bond donors (Lipinski definition) is 2. The molecule has 0 unspecified atom stereocenters. The molecule has 4 nitrogen and oxygen atoms in total. The summed E-state index contributed by atoms with van der Waals surface area (Å²) in [5.74, 6) is -0.483. The van der Waals surface area contributed by atoms with E-state index >= 15 is 0 Å². The molecule has 0 amide bonds. The first-order valence-electron chi connectivity index (χ1n) is 7.41. The monoisotopic (exact) mass is 376 g/mol. The molecule has 0 spiro atoms. The second kappa shape index (κ2) is 6.34. The van der Waals surface area contributed by atoms with Crippen LogP contribution < -0.4 is 4.74 Å². The zero-order chi connectivity index (χ0) is 16.4. The van der Waals surface area contributed by atoms with Crippen LogP contribution in [0.1, 0.15) is 24.0 Å². The molecule has 0 radical (unpaired) electrons. The first-order chi connectivity index (χ1) is 11.0. The van der Waals surface area contributed by atoms with Crippen molar-refractivity contribution in [3.8, 4) is 5.75 Å². The van der Waals surface area contributed by atoms with E-state index in [-0.39, 0.29) is 18.9 Å². The van der Waals surface area contributed by atoms with Crippen molar-refractivity contribution in [2.24, 2.45) is 0 Å². The highest BCUT2D eigenvalue weighted by atomic mass is 79.9. The van der Waals surface area contributed by atoms with Gasteiger partial charge in [0.1, 0.15) is 17.5 Å². The molecule has 120 valence electrons. The molecule has 5 heteroatoms. The van der Waals surface area contributed by atoms with Gasteiger partial charge in [0, 0.05) is 22.9 Å². The topological polar surface area (TPSA) is 66.8 Å². The lowest BCUT2D eigenvalue weighted by atomic mass is 9.81. The first-order valence-corrected chi connectivity index (χ1v) is 8.20. The number of aliphatic carboxylic acids is 1. The van der Waals surface area contributed by atoms with Gasteiger partial charge in [-0.25, -0.2) is 0 Å². The molecule has 2 atom stereocenters. The highest BCUT2D eigenvalue weighted by Gasteiger charge is 2.42. The van der Waals surface area contributed by atoms with E-state index in [2.05, 4.69) is 15.9 Å². The Morgan fingerprint density at radius 1 is 1.26 bits per heavy atom. The number of aliphatic hydroxyl groups is 1. The Kier molecular flexibility index (Phi) is 4.41. The van der Waals surface area contributed by atoms with Gasteiger partial charge in [-0.3, -0.25) is 4.79 Å². The number of carboxylic acid groups (broad SMARTS) is 1.